The fraction of sp³-hybridized carbons (Fsp3) is 0.960. The van der Waals surface area contributed by atoms with Gasteiger partial charge in [-0.15, -0.1) is 0 Å². The molecule has 8 nitrogen and oxygen atoms in total. The molecule has 0 spiro atoms. The van der Waals surface area contributed by atoms with Gasteiger partial charge in [0.2, 0.25) is 5.91 Å². The third-order valence-corrected chi connectivity index (χ3v) is 10.1. The van der Waals surface area contributed by atoms with Crippen molar-refractivity contribution >= 4 is 5.91 Å². The molecule has 36 heavy (non-hydrogen) atoms. The number of likely N-dealkylation sites (tertiary alicyclic amines) is 1. The molecule has 1 amide bonds. The number of nitrogens with one attached hydrogen (secondary N) is 3. The summed E-state index contributed by atoms with van der Waals surface area (Å²) in [6.07, 6.45) is 0.615. The minimum absolute atomic E-state index is 0.0219. The molecular weight excluding hydrogens is 475 g/mol. The molecule has 3 N–H and O–H groups in total. The topological polar surface area (TPSA) is 78.1 Å². The number of hydrogen-bond acceptors (Lipinski definition) is 7. The minimum Gasteiger partial charge on any atom is -0.380 e. The van der Waals surface area contributed by atoms with Crippen LogP contribution in [0, 0.1) is 29.1 Å². The van der Waals surface area contributed by atoms with E-state index in [1.165, 1.54) is 0 Å². The summed E-state index contributed by atoms with van der Waals surface area (Å²) in [6, 6.07) is 0.0239. The summed E-state index contributed by atoms with van der Waals surface area (Å²) in [6.45, 7) is 3.84. The molecule has 204 valence electrons. The lowest BCUT2D eigenvalue weighted by Gasteiger charge is -2.52. The lowest BCUT2D eigenvalue weighted by molar-refractivity contribution is -0.215. The van der Waals surface area contributed by atoms with E-state index >= 15 is 0 Å². The van der Waals surface area contributed by atoms with Gasteiger partial charge < -0.3 is 19.7 Å². The van der Waals surface area contributed by atoms with Crippen LogP contribution in [0.4, 0.5) is 13.2 Å². The standard InChI is InChI=1S/C25H40F3N5O3/c1-32-14-30-31-22(32)8-24(12-35-13-24)15-3-2-4-16(5-15)33-11-20-19(23(33)34)6-17(36-18-9-29-10-18)7-21(20)25(26,27)28/h15-22,29-31H,2-14H2,1H3. The van der Waals surface area contributed by atoms with Gasteiger partial charge in [0, 0.05) is 37.0 Å². The summed E-state index contributed by atoms with van der Waals surface area (Å²) in [5, 5.41) is 3.11. The Balaban J connectivity index is 1.15. The molecule has 0 radical (unpaired) electrons. The largest absolute Gasteiger partial charge is 0.392 e. The lowest BCUT2D eigenvalue weighted by Crippen LogP contribution is -2.56. The zero-order chi connectivity index (χ0) is 25.1. The fourth-order valence-corrected chi connectivity index (χ4v) is 7.80. The first-order valence-electron chi connectivity index (χ1n) is 13.7. The maximum absolute atomic E-state index is 14.2. The van der Waals surface area contributed by atoms with E-state index in [-0.39, 0.29) is 42.6 Å². The number of fused-ring (bicyclic) bond motifs is 1. The Morgan fingerprint density at radius 3 is 2.56 bits per heavy atom. The number of ether oxygens (including phenoxy) is 2. The first kappa shape index (κ1) is 25.3. The van der Waals surface area contributed by atoms with Crippen LogP contribution >= 0.6 is 0 Å². The highest BCUT2D eigenvalue weighted by Crippen LogP contribution is 2.52. The van der Waals surface area contributed by atoms with Crippen molar-refractivity contribution in [3.8, 4) is 0 Å². The van der Waals surface area contributed by atoms with E-state index in [1.807, 2.05) is 4.90 Å². The van der Waals surface area contributed by atoms with Gasteiger partial charge in [-0.2, -0.15) is 13.2 Å². The molecule has 2 saturated carbocycles. The zero-order valence-corrected chi connectivity index (χ0v) is 21.1. The maximum atomic E-state index is 14.2. The van der Waals surface area contributed by atoms with E-state index in [0.29, 0.717) is 25.4 Å². The third kappa shape index (κ3) is 4.58. The minimum atomic E-state index is -4.31. The summed E-state index contributed by atoms with van der Waals surface area (Å²) >= 11 is 0. The normalized spacial score (nSPS) is 41.7. The van der Waals surface area contributed by atoms with Gasteiger partial charge in [0.05, 0.1) is 44.2 Å². The van der Waals surface area contributed by atoms with Gasteiger partial charge >= 0.3 is 6.18 Å². The van der Waals surface area contributed by atoms with Crippen LogP contribution in [0.25, 0.3) is 0 Å². The average molecular weight is 516 g/mol. The first-order valence-corrected chi connectivity index (χ1v) is 13.7. The van der Waals surface area contributed by atoms with Gasteiger partial charge in [0.25, 0.3) is 0 Å². The number of hydrazine groups is 1. The predicted molar refractivity (Wildman–Crippen MR) is 125 cm³/mol. The second-order valence-electron chi connectivity index (χ2n) is 12.2. The summed E-state index contributed by atoms with van der Waals surface area (Å²) < 4.78 is 54.2. The Morgan fingerprint density at radius 1 is 1.14 bits per heavy atom. The number of carbonyl (C=O) groups excluding carboxylic acids is 1. The number of halogens is 3. The first-order chi connectivity index (χ1) is 17.2. The van der Waals surface area contributed by atoms with Crippen LogP contribution in [-0.4, -0.2) is 92.9 Å². The lowest BCUT2D eigenvalue weighted by atomic mass is 9.64. The molecule has 0 aromatic heterocycles. The summed E-state index contributed by atoms with van der Waals surface area (Å²) in [7, 11) is 2.09. The SMILES string of the molecule is CN1CNNC1CC1(C2CCCC(N3CC4C(CC(OC5CNC5)CC4C(F)(F)F)C3=O)C2)COC1. The second kappa shape index (κ2) is 9.64. The molecule has 0 aromatic carbocycles. The van der Waals surface area contributed by atoms with Crippen LogP contribution < -0.4 is 16.2 Å². The highest BCUT2D eigenvalue weighted by molar-refractivity contribution is 5.82. The number of nitrogens with zero attached hydrogens (tertiary/aromatic N) is 2. The Bertz CT molecular complexity index is 823. The molecule has 6 fully saturated rings. The number of carbonyl (C=O) groups is 1. The van der Waals surface area contributed by atoms with E-state index < -0.39 is 30.0 Å². The summed E-state index contributed by atoms with van der Waals surface area (Å²) in [5.74, 6) is -2.35. The van der Waals surface area contributed by atoms with Crippen molar-refractivity contribution in [1.82, 2.24) is 26.0 Å². The van der Waals surface area contributed by atoms with Gasteiger partial charge in [-0.3, -0.25) is 9.69 Å². The van der Waals surface area contributed by atoms with Crippen LogP contribution in [0.3, 0.4) is 0 Å². The van der Waals surface area contributed by atoms with Crippen LogP contribution in [0.2, 0.25) is 0 Å². The number of amides is 1. The molecule has 2 aliphatic carbocycles. The van der Waals surface area contributed by atoms with Crippen molar-refractivity contribution in [2.75, 3.05) is 46.6 Å². The van der Waals surface area contributed by atoms with E-state index in [4.69, 9.17) is 9.47 Å². The van der Waals surface area contributed by atoms with Gasteiger partial charge in [-0.05, 0) is 57.4 Å². The van der Waals surface area contributed by atoms with Crippen LogP contribution in [0.1, 0.15) is 44.9 Å². The Kier molecular flexibility index (Phi) is 6.78. The summed E-state index contributed by atoms with van der Waals surface area (Å²) in [5.41, 5.74) is 6.62. The van der Waals surface area contributed by atoms with Gasteiger partial charge in [0.15, 0.2) is 0 Å². The molecule has 6 aliphatic rings. The number of rotatable bonds is 6. The van der Waals surface area contributed by atoms with Crippen molar-refractivity contribution in [2.24, 2.45) is 29.1 Å². The van der Waals surface area contributed by atoms with Crippen LogP contribution in [-0.2, 0) is 14.3 Å². The van der Waals surface area contributed by atoms with Crippen LogP contribution in [0.15, 0.2) is 0 Å². The van der Waals surface area contributed by atoms with E-state index in [2.05, 4.69) is 28.1 Å². The molecule has 4 saturated heterocycles. The van der Waals surface area contributed by atoms with Crippen molar-refractivity contribution in [2.45, 2.75) is 75.5 Å². The van der Waals surface area contributed by atoms with Gasteiger partial charge in [0.1, 0.15) is 0 Å². The van der Waals surface area contributed by atoms with Crippen molar-refractivity contribution < 1.29 is 27.4 Å². The summed E-state index contributed by atoms with van der Waals surface area (Å²) in [4.78, 5) is 17.7. The molecule has 6 rings (SSSR count). The van der Waals surface area contributed by atoms with Gasteiger partial charge in [-0.25, -0.2) is 10.9 Å². The predicted octanol–water partition coefficient (Wildman–Crippen LogP) is 1.68. The molecule has 0 bridgehead atoms. The fourth-order valence-electron chi connectivity index (χ4n) is 7.80. The molecule has 7 unspecified atom stereocenters. The van der Waals surface area contributed by atoms with Crippen molar-refractivity contribution in [3.05, 3.63) is 0 Å². The monoisotopic (exact) mass is 515 g/mol. The Hall–Kier alpha value is -0.980. The molecular formula is C25H40F3N5O3. The van der Waals surface area contributed by atoms with E-state index in [9.17, 15) is 18.0 Å². The van der Waals surface area contributed by atoms with E-state index in [1.54, 1.807) is 0 Å². The van der Waals surface area contributed by atoms with Gasteiger partial charge in [-0.1, -0.05) is 6.42 Å². The van der Waals surface area contributed by atoms with Crippen LogP contribution in [0.5, 0.6) is 0 Å². The zero-order valence-electron chi connectivity index (χ0n) is 21.1. The quantitative estimate of drug-likeness (QED) is 0.497. The number of alkyl halides is 3. The maximum Gasteiger partial charge on any atom is 0.392 e. The van der Waals surface area contributed by atoms with Crippen molar-refractivity contribution in [3.63, 3.8) is 0 Å². The molecule has 7 atom stereocenters. The van der Waals surface area contributed by atoms with E-state index in [0.717, 1.165) is 52.0 Å². The molecule has 4 heterocycles. The highest BCUT2D eigenvalue weighted by Gasteiger charge is 2.59. The highest BCUT2D eigenvalue weighted by atomic mass is 19.4. The molecule has 0 aromatic rings. The molecule has 4 aliphatic heterocycles. The Morgan fingerprint density at radius 2 is 1.94 bits per heavy atom. The number of hydrogen-bond donors (Lipinski definition) is 3. The Labute approximate surface area is 210 Å². The van der Waals surface area contributed by atoms with Crippen molar-refractivity contribution in [1.29, 1.82) is 0 Å². The second-order valence-corrected chi connectivity index (χ2v) is 12.2. The smallest absolute Gasteiger partial charge is 0.380 e. The average Bonchev–Trinajstić information content (AvgIpc) is 3.35. The molecule has 11 heteroatoms. The third-order valence-electron chi connectivity index (χ3n) is 10.1.